The number of benzene rings is 2. The summed E-state index contributed by atoms with van der Waals surface area (Å²) in [6.07, 6.45) is 1.49. The first-order valence-electron chi connectivity index (χ1n) is 10.1. The smallest absolute Gasteiger partial charge is 0.261 e. The molecule has 6 heteroatoms. The first-order valence-corrected chi connectivity index (χ1v) is 10.1. The molecule has 3 atom stereocenters. The fourth-order valence-corrected chi connectivity index (χ4v) is 5.08. The van der Waals surface area contributed by atoms with Crippen LogP contribution in [0.25, 0.3) is 10.9 Å². The Kier molecular flexibility index (Phi) is 4.43. The molecule has 3 heterocycles. The van der Waals surface area contributed by atoms with E-state index in [1.807, 2.05) is 29.2 Å². The molecule has 5 rings (SSSR count). The number of fused-ring (bicyclic) bond motifs is 2. The summed E-state index contributed by atoms with van der Waals surface area (Å²) in [7, 11) is 2.17. The molecule has 0 N–H and O–H groups in total. The monoisotopic (exact) mass is 388 g/mol. The van der Waals surface area contributed by atoms with Crippen molar-refractivity contribution >= 4 is 16.8 Å². The minimum Gasteiger partial charge on any atom is -0.340 e. The van der Waals surface area contributed by atoms with Gasteiger partial charge in [0.1, 0.15) is 6.54 Å². The maximum Gasteiger partial charge on any atom is 0.261 e. The molecule has 0 aliphatic carbocycles. The minimum absolute atomic E-state index is 0.00644. The quantitative estimate of drug-likeness (QED) is 0.690. The Labute approximate surface area is 169 Å². The highest BCUT2D eigenvalue weighted by Crippen LogP contribution is 2.43. The van der Waals surface area contributed by atoms with Crippen molar-refractivity contribution in [2.45, 2.75) is 12.6 Å². The van der Waals surface area contributed by atoms with Gasteiger partial charge in [-0.3, -0.25) is 19.1 Å². The van der Waals surface area contributed by atoms with Crippen LogP contribution in [0.4, 0.5) is 0 Å². The van der Waals surface area contributed by atoms with Gasteiger partial charge in [-0.1, -0.05) is 42.5 Å². The molecule has 1 aromatic heterocycles. The number of likely N-dealkylation sites (tertiary alicyclic amines) is 2. The highest BCUT2D eigenvalue weighted by atomic mass is 16.2. The third-order valence-corrected chi connectivity index (χ3v) is 6.43. The number of hydrogen-bond acceptors (Lipinski definition) is 4. The summed E-state index contributed by atoms with van der Waals surface area (Å²) < 4.78 is 1.43. The lowest BCUT2D eigenvalue weighted by molar-refractivity contribution is -0.131. The average molecular weight is 388 g/mol. The van der Waals surface area contributed by atoms with Gasteiger partial charge in [-0.15, -0.1) is 0 Å². The zero-order valence-corrected chi connectivity index (χ0v) is 16.4. The first kappa shape index (κ1) is 18.1. The predicted molar refractivity (Wildman–Crippen MR) is 111 cm³/mol. The number of aromatic nitrogens is 2. The SMILES string of the molecule is CN1C[C@H]2CN(C(=O)Cn3cnc4ccccc4c3=O)C[C@H]2[C@@H]1c1ccccc1. The molecule has 6 nitrogen and oxygen atoms in total. The average Bonchev–Trinajstić information content (AvgIpc) is 3.27. The van der Waals surface area contributed by atoms with Crippen LogP contribution in [0, 0.1) is 11.8 Å². The molecule has 0 bridgehead atoms. The molecule has 1 amide bonds. The van der Waals surface area contributed by atoms with Gasteiger partial charge >= 0.3 is 0 Å². The van der Waals surface area contributed by atoms with Crippen LogP contribution in [-0.4, -0.2) is 51.9 Å². The van der Waals surface area contributed by atoms with Gasteiger partial charge in [-0.05, 0) is 30.7 Å². The van der Waals surface area contributed by atoms with Crippen molar-refractivity contribution in [2.24, 2.45) is 11.8 Å². The van der Waals surface area contributed by atoms with Gasteiger partial charge in [-0.2, -0.15) is 0 Å². The number of carbonyl (C=O) groups is 1. The predicted octanol–water partition coefficient (Wildman–Crippen LogP) is 2.16. The van der Waals surface area contributed by atoms with Crippen molar-refractivity contribution in [2.75, 3.05) is 26.7 Å². The standard InChI is InChI=1S/C23H24N4O2/c1-25-11-17-12-26(13-19(17)22(25)16-7-3-2-4-8-16)21(28)14-27-15-24-20-10-6-5-9-18(20)23(27)29/h2-10,15,17,19,22H,11-14H2,1H3/t17-,19+,22-/m0/s1. The largest absolute Gasteiger partial charge is 0.340 e. The lowest BCUT2D eigenvalue weighted by Crippen LogP contribution is -2.37. The minimum atomic E-state index is -0.162. The van der Waals surface area contributed by atoms with E-state index in [1.165, 1.54) is 16.5 Å². The Morgan fingerprint density at radius 1 is 1.03 bits per heavy atom. The van der Waals surface area contributed by atoms with Crippen LogP contribution in [0.15, 0.2) is 65.7 Å². The molecule has 0 unspecified atom stereocenters. The first-order chi connectivity index (χ1) is 14.1. The number of carbonyl (C=O) groups excluding carboxylic acids is 1. The molecule has 3 aromatic rings. The summed E-state index contributed by atoms with van der Waals surface area (Å²) >= 11 is 0. The van der Waals surface area contributed by atoms with Crippen LogP contribution >= 0.6 is 0 Å². The van der Waals surface area contributed by atoms with Crippen LogP contribution in [0.5, 0.6) is 0 Å². The molecule has 2 saturated heterocycles. The van der Waals surface area contributed by atoms with Crippen molar-refractivity contribution in [1.82, 2.24) is 19.4 Å². The van der Waals surface area contributed by atoms with E-state index < -0.39 is 0 Å². The van der Waals surface area contributed by atoms with Gasteiger partial charge in [0.05, 0.1) is 17.2 Å². The van der Waals surface area contributed by atoms with Crippen LogP contribution in [0.3, 0.4) is 0 Å². The van der Waals surface area contributed by atoms with E-state index in [-0.39, 0.29) is 18.0 Å². The van der Waals surface area contributed by atoms with E-state index in [0.29, 0.717) is 28.8 Å². The molecule has 148 valence electrons. The van der Waals surface area contributed by atoms with Crippen LogP contribution in [0.1, 0.15) is 11.6 Å². The maximum atomic E-state index is 13.0. The molecule has 2 aromatic carbocycles. The zero-order chi connectivity index (χ0) is 20.0. The lowest BCUT2D eigenvalue weighted by atomic mass is 9.90. The lowest BCUT2D eigenvalue weighted by Gasteiger charge is -2.27. The van der Waals surface area contributed by atoms with E-state index >= 15 is 0 Å². The Balaban J connectivity index is 1.34. The van der Waals surface area contributed by atoms with Crippen molar-refractivity contribution in [3.8, 4) is 0 Å². The second-order valence-electron chi connectivity index (χ2n) is 8.21. The van der Waals surface area contributed by atoms with E-state index in [2.05, 4.69) is 41.2 Å². The third kappa shape index (κ3) is 3.13. The number of nitrogens with zero attached hydrogens (tertiary/aromatic N) is 4. The molecule has 0 radical (unpaired) electrons. The van der Waals surface area contributed by atoms with Gasteiger partial charge in [0.15, 0.2) is 0 Å². The third-order valence-electron chi connectivity index (χ3n) is 6.43. The molecule has 2 aliphatic heterocycles. The normalized spacial score (nSPS) is 24.2. The van der Waals surface area contributed by atoms with Gasteiger partial charge in [0.25, 0.3) is 5.56 Å². The van der Waals surface area contributed by atoms with Gasteiger partial charge in [0.2, 0.25) is 5.91 Å². The second-order valence-corrected chi connectivity index (χ2v) is 8.21. The number of para-hydroxylation sites is 1. The van der Waals surface area contributed by atoms with Crippen LogP contribution in [0.2, 0.25) is 0 Å². The molecule has 0 spiro atoms. The van der Waals surface area contributed by atoms with Crippen molar-refractivity contribution < 1.29 is 4.79 Å². The molecule has 29 heavy (non-hydrogen) atoms. The zero-order valence-electron chi connectivity index (χ0n) is 16.4. The fraction of sp³-hybridized carbons (Fsp3) is 0.348. The van der Waals surface area contributed by atoms with Gasteiger partial charge in [0, 0.05) is 31.6 Å². The maximum absolute atomic E-state index is 13.0. The fourth-order valence-electron chi connectivity index (χ4n) is 5.08. The number of rotatable bonds is 3. The summed E-state index contributed by atoms with van der Waals surface area (Å²) in [5, 5.41) is 0.548. The van der Waals surface area contributed by atoms with E-state index in [0.717, 1.165) is 19.6 Å². The summed E-state index contributed by atoms with van der Waals surface area (Å²) in [5.74, 6) is 0.895. The molecule has 0 saturated carbocycles. The highest BCUT2D eigenvalue weighted by Gasteiger charge is 2.47. The Morgan fingerprint density at radius 3 is 2.62 bits per heavy atom. The van der Waals surface area contributed by atoms with Crippen molar-refractivity contribution in [1.29, 1.82) is 0 Å². The Morgan fingerprint density at radius 2 is 1.79 bits per heavy atom. The summed E-state index contributed by atoms with van der Waals surface area (Å²) in [5.41, 5.74) is 1.81. The van der Waals surface area contributed by atoms with Crippen LogP contribution < -0.4 is 5.56 Å². The topological polar surface area (TPSA) is 58.4 Å². The molecular weight excluding hydrogens is 364 g/mol. The van der Waals surface area contributed by atoms with Gasteiger partial charge in [-0.25, -0.2) is 4.98 Å². The van der Waals surface area contributed by atoms with E-state index in [1.54, 1.807) is 6.07 Å². The Hall–Kier alpha value is -2.99. The van der Waals surface area contributed by atoms with Gasteiger partial charge < -0.3 is 4.90 Å². The van der Waals surface area contributed by atoms with Crippen LogP contribution in [-0.2, 0) is 11.3 Å². The van der Waals surface area contributed by atoms with Crippen molar-refractivity contribution in [3.63, 3.8) is 0 Å². The highest BCUT2D eigenvalue weighted by molar-refractivity contribution is 5.79. The number of amides is 1. The molecular formula is C23H24N4O2. The summed E-state index contributed by atoms with van der Waals surface area (Å²) in [6, 6.07) is 18.1. The van der Waals surface area contributed by atoms with E-state index in [4.69, 9.17) is 0 Å². The molecule has 2 fully saturated rings. The summed E-state index contributed by atoms with van der Waals surface area (Å²) in [6.45, 7) is 2.53. The Bertz CT molecular complexity index is 1110. The second kappa shape index (κ2) is 7.12. The summed E-state index contributed by atoms with van der Waals surface area (Å²) in [4.78, 5) is 34.3. The van der Waals surface area contributed by atoms with E-state index in [9.17, 15) is 9.59 Å². The number of hydrogen-bond donors (Lipinski definition) is 0. The molecule has 2 aliphatic rings. The van der Waals surface area contributed by atoms with Crippen molar-refractivity contribution in [3.05, 3.63) is 76.8 Å².